The minimum Gasteiger partial charge on any atom is -0.488 e. The summed E-state index contributed by atoms with van der Waals surface area (Å²) in [7, 11) is -0.772. The van der Waals surface area contributed by atoms with E-state index in [0.29, 0.717) is 24.0 Å². The Morgan fingerprint density at radius 2 is 1.82 bits per heavy atom. The van der Waals surface area contributed by atoms with Crippen LogP contribution in [0.2, 0.25) is 18.1 Å². The summed E-state index contributed by atoms with van der Waals surface area (Å²) in [6.45, 7) is 19.2. The molecule has 0 aromatic heterocycles. The standard InChI is InChI=1S/C22H38O5Si/c1-13(2)15-11-16-19(23)18(20(24)25-8)14(3)26-22(16,7)17(12-15)27-28(9,10)21(4,5)6/h13,15-17H,11-12H2,1-10H3/t15-,16-,17-,22-/m0/s1. The third-order valence-corrected chi connectivity index (χ3v) is 11.7. The topological polar surface area (TPSA) is 61.8 Å². The average molecular weight is 411 g/mol. The number of methoxy groups -OCH3 is 1. The molecule has 0 spiro atoms. The molecule has 1 aliphatic carbocycles. The van der Waals surface area contributed by atoms with Gasteiger partial charge in [0.1, 0.15) is 16.9 Å². The van der Waals surface area contributed by atoms with E-state index in [1.54, 1.807) is 6.92 Å². The highest BCUT2D eigenvalue weighted by atomic mass is 28.4. The summed E-state index contributed by atoms with van der Waals surface area (Å²) in [6.07, 6.45) is 1.39. The molecule has 6 heteroatoms. The van der Waals surface area contributed by atoms with E-state index in [4.69, 9.17) is 13.9 Å². The highest BCUT2D eigenvalue weighted by molar-refractivity contribution is 6.74. The number of esters is 1. The average Bonchev–Trinajstić information content (AvgIpc) is 2.54. The van der Waals surface area contributed by atoms with Gasteiger partial charge in [0.2, 0.25) is 0 Å². The second kappa shape index (κ2) is 7.60. The van der Waals surface area contributed by atoms with Gasteiger partial charge in [0.05, 0.1) is 19.1 Å². The normalized spacial score (nSPS) is 31.5. The number of Topliss-reactive ketones (excluding diaryl/α,β-unsaturated/α-hetero) is 1. The predicted octanol–water partition coefficient (Wildman–Crippen LogP) is 4.86. The molecule has 0 saturated heterocycles. The van der Waals surface area contributed by atoms with Crippen molar-refractivity contribution < 1.29 is 23.5 Å². The molecule has 0 amide bonds. The van der Waals surface area contributed by atoms with Gasteiger partial charge in [0, 0.05) is 0 Å². The van der Waals surface area contributed by atoms with E-state index < -0.39 is 25.8 Å². The van der Waals surface area contributed by atoms with Crippen LogP contribution in [0.3, 0.4) is 0 Å². The zero-order valence-electron chi connectivity index (χ0n) is 19.3. The van der Waals surface area contributed by atoms with Crippen molar-refractivity contribution in [1.29, 1.82) is 0 Å². The van der Waals surface area contributed by atoms with Crippen LogP contribution in [0, 0.1) is 17.8 Å². The monoisotopic (exact) mass is 410 g/mol. The summed E-state index contributed by atoms with van der Waals surface area (Å²) in [4.78, 5) is 25.6. The van der Waals surface area contributed by atoms with Gasteiger partial charge in [0.25, 0.3) is 0 Å². The maximum Gasteiger partial charge on any atom is 0.344 e. The highest BCUT2D eigenvalue weighted by Gasteiger charge is 2.58. The fourth-order valence-corrected chi connectivity index (χ4v) is 5.58. The highest BCUT2D eigenvalue weighted by Crippen LogP contribution is 2.50. The Hall–Kier alpha value is -1.14. The smallest absolute Gasteiger partial charge is 0.344 e. The van der Waals surface area contributed by atoms with Crippen LogP contribution in [0.15, 0.2) is 11.3 Å². The first-order valence-corrected chi connectivity index (χ1v) is 13.3. The summed E-state index contributed by atoms with van der Waals surface area (Å²) in [5.41, 5.74) is -0.708. The van der Waals surface area contributed by atoms with Gasteiger partial charge in [-0.1, -0.05) is 34.6 Å². The minimum absolute atomic E-state index is 0.0560. The molecule has 1 saturated carbocycles. The zero-order chi connectivity index (χ0) is 21.7. The van der Waals surface area contributed by atoms with Gasteiger partial charge in [-0.05, 0) is 56.7 Å². The van der Waals surface area contributed by atoms with Gasteiger partial charge in [-0.3, -0.25) is 4.79 Å². The van der Waals surface area contributed by atoms with E-state index >= 15 is 0 Å². The summed E-state index contributed by atoms with van der Waals surface area (Å²) >= 11 is 0. The number of rotatable bonds is 4. The molecule has 1 heterocycles. The van der Waals surface area contributed by atoms with E-state index in [2.05, 4.69) is 47.7 Å². The van der Waals surface area contributed by atoms with Gasteiger partial charge < -0.3 is 13.9 Å². The lowest BCUT2D eigenvalue weighted by molar-refractivity contribution is -0.172. The Morgan fingerprint density at radius 3 is 2.29 bits per heavy atom. The molecule has 0 bridgehead atoms. The van der Waals surface area contributed by atoms with Gasteiger partial charge >= 0.3 is 5.97 Å². The maximum absolute atomic E-state index is 13.4. The van der Waals surface area contributed by atoms with Crippen LogP contribution in [-0.4, -0.2) is 38.9 Å². The fraction of sp³-hybridized carbons (Fsp3) is 0.818. The number of ether oxygens (including phenoxy) is 2. The van der Waals surface area contributed by atoms with Crippen LogP contribution in [0.1, 0.15) is 61.3 Å². The zero-order valence-corrected chi connectivity index (χ0v) is 20.3. The lowest BCUT2D eigenvalue weighted by Gasteiger charge is -2.54. The van der Waals surface area contributed by atoms with Crippen LogP contribution in [0.5, 0.6) is 0 Å². The molecule has 1 aliphatic heterocycles. The number of hydrogen-bond acceptors (Lipinski definition) is 5. The molecule has 28 heavy (non-hydrogen) atoms. The van der Waals surface area contributed by atoms with Crippen molar-refractivity contribution in [3.8, 4) is 0 Å². The first-order chi connectivity index (χ1) is 12.7. The van der Waals surface area contributed by atoms with Crippen LogP contribution >= 0.6 is 0 Å². The molecular formula is C22H38O5Si. The number of carbonyl (C=O) groups excluding carboxylic acids is 2. The van der Waals surface area contributed by atoms with E-state index in [9.17, 15) is 9.59 Å². The van der Waals surface area contributed by atoms with E-state index in [0.717, 1.165) is 6.42 Å². The van der Waals surface area contributed by atoms with Crippen molar-refractivity contribution in [1.82, 2.24) is 0 Å². The van der Waals surface area contributed by atoms with Gasteiger partial charge in [0.15, 0.2) is 14.1 Å². The van der Waals surface area contributed by atoms with E-state index in [-0.39, 0.29) is 22.5 Å². The third kappa shape index (κ3) is 3.95. The van der Waals surface area contributed by atoms with Crippen molar-refractivity contribution in [2.75, 3.05) is 7.11 Å². The lowest BCUT2D eigenvalue weighted by atomic mass is 9.64. The van der Waals surface area contributed by atoms with Gasteiger partial charge in [-0.25, -0.2) is 4.79 Å². The largest absolute Gasteiger partial charge is 0.488 e. The van der Waals surface area contributed by atoms with Crippen LogP contribution in [-0.2, 0) is 23.5 Å². The molecule has 2 aliphatic rings. The number of hydrogen-bond donors (Lipinski definition) is 0. The lowest BCUT2D eigenvalue weighted by Crippen LogP contribution is -2.62. The van der Waals surface area contributed by atoms with Crippen LogP contribution < -0.4 is 0 Å². The summed E-state index contributed by atoms with van der Waals surface area (Å²) in [5.74, 6) is -0.0526. The molecule has 0 aromatic carbocycles. The van der Waals surface area contributed by atoms with E-state index in [1.165, 1.54) is 7.11 Å². The van der Waals surface area contributed by atoms with Crippen molar-refractivity contribution in [2.45, 2.75) is 91.1 Å². The Balaban J connectivity index is 2.51. The molecule has 160 valence electrons. The molecule has 0 aromatic rings. The number of allylic oxidation sites excluding steroid dienone is 1. The molecule has 1 fully saturated rings. The summed E-state index contributed by atoms with van der Waals surface area (Å²) < 4.78 is 18.0. The molecule has 0 unspecified atom stereocenters. The van der Waals surface area contributed by atoms with Gasteiger partial charge in [-0.15, -0.1) is 0 Å². The van der Waals surface area contributed by atoms with Crippen LogP contribution in [0.25, 0.3) is 0 Å². The quantitative estimate of drug-likeness (QED) is 0.376. The second-order valence-corrected chi connectivity index (χ2v) is 15.2. The SMILES string of the molecule is COC(=O)C1=C(C)O[C@]2(C)[C@@H](O[Si](C)(C)C(C)(C)C)C[C@@H](C(C)C)C[C@H]2C1=O. The second-order valence-electron chi connectivity index (χ2n) is 10.5. The van der Waals surface area contributed by atoms with Crippen molar-refractivity contribution in [2.24, 2.45) is 17.8 Å². The summed E-state index contributed by atoms with van der Waals surface area (Å²) in [6, 6.07) is 0. The molecule has 0 radical (unpaired) electrons. The number of ketones is 1. The molecule has 0 N–H and O–H groups in total. The van der Waals surface area contributed by atoms with Crippen molar-refractivity contribution in [3.05, 3.63) is 11.3 Å². The van der Waals surface area contributed by atoms with Crippen LogP contribution in [0.4, 0.5) is 0 Å². The van der Waals surface area contributed by atoms with Crippen molar-refractivity contribution >= 4 is 20.1 Å². The van der Waals surface area contributed by atoms with E-state index in [1.807, 2.05) is 6.92 Å². The van der Waals surface area contributed by atoms with Gasteiger partial charge in [-0.2, -0.15) is 0 Å². The Bertz CT molecular complexity index is 673. The first-order valence-electron chi connectivity index (χ1n) is 10.4. The predicted molar refractivity (Wildman–Crippen MR) is 112 cm³/mol. The number of carbonyl (C=O) groups is 2. The molecular weight excluding hydrogens is 372 g/mol. The maximum atomic E-state index is 13.4. The minimum atomic E-state index is -2.07. The molecule has 2 rings (SSSR count). The third-order valence-electron chi connectivity index (χ3n) is 7.25. The Morgan fingerprint density at radius 1 is 1.25 bits per heavy atom. The Kier molecular flexibility index (Phi) is 6.28. The molecule has 4 atom stereocenters. The summed E-state index contributed by atoms with van der Waals surface area (Å²) in [5, 5.41) is 0.0599. The fourth-order valence-electron chi connectivity index (χ4n) is 4.19. The number of fused-ring (bicyclic) bond motifs is 1. The Labute approximate surface area is 171 Å². The first kappa shape index (κ1) is 23.1. The van der Waals surface area contributed by atoms with Crippen molar-refractivity contribution in [3.63, 3.8) is 0 Å². The molecule has 5 nitrogen and oxygen atoms in total.